The zero-order valence-electron chi connectivity index (χ0n) is 8.99. The Morgan fingerprint density at radius 3 is 2.69 bits per heavy atom. The maximum absolute atomic E-state index is 11.8. The first kappa shape index (κ1) is 13.2. The smallest absolute Gasteiger partial charge is 0.316 e. The molecule has 1 heterocycles. The number of nitrogens with one attached hydrogen (secondary N) is 2. The van der Waals surface area contributed by atoms with Gasteiger partial charge in [0.05, 0.1) is 5.41 Å². The van der Waals surface area contributed by atoms with Crippen molar-refractivity contribution in [2.75, 3.05) is 19.7 Å². The molecule has 1 amide bonds. The van der Waals surface area contributed by atoms with Gasteiger partial charge >= 0.3 is 6.18 Å². The monoisotopic (exact) mass is 240 g/mol. The van der Waals surface area contributed by atoms with Gasteiger partial charge in [-0.2, -0.15) is 13.2 Å². The first-order chi connectivity index (χ1) is 7.40. The number of carbonyl (C=O) groups excluding carboxylic acids is 1. The van der Waals surface area contributed by atoms with E-state index in [1.165, 1.54) is 0 Å². The zero-order chi connectivity index (χ0) is 12.2. The molecule has 0 bridgehead atoms. The molecule has 1 atom stereocenters. The van der Waals surface area contributed by atoms with Crippen LogP contribution < -0.4 is 10.8 Å². The van der Waals surface area contributed by atoms with Crippen LogP contribution >= 0.6 is 0 Å². The molecule has 0 aromatic carbocycles. The number of hydroxylamine groups is 1. The van der Waals surface area contributed by atoms with Crippen molar-refractivity contribution >= 4 is 5.91 Å². The Bertz CT molecular complexity index is 250. The van der Waals surface area contributed by atoms with Gasteiger partial charge in [0.15, 0.2) is 6.61 Å². The average molecular weight is 240 g/mol. The summed E-state index contributed by atoms with van der Waals surface area (Å²) in [5.41, 5.74) is 1.24. The molecular formula is C9H15F3N2O2. The minimum absolute atomic E-state index is 0.477. The number of halogens is 3. The molecule has 7 heteroatoms. The molecule has 1 fully saturated rings. The Morgan fingerprint density at radius 2 is 2.25 bits per heavy atom. The van der Waals surface area contributed by atoms with Crippen LogP contribution in [0.15, 0.2) is 0 Å². The summed E-state index contributed by atoms with van der Waals surface area (Å²) < 4.78 is 35.3. The number of rotatable bonds is 4. The van der Waals surface area contributed by atoms with Crippen LogP contribution in [-0.4, -0.2) is 31.8 Å². The topological polar surface area (TPSA) is 50.4 Å². The summed E-state index contributed by atoms with van der Waals surface area (Å²) >= 11 is 0. The van der Waals surface area contributed by atoms with E-state index in [1.807, 2.05) is 12.4 Å². The second kappa shape index (κ2) is 5.01. The van der Waals surface area contributed by atoms with E-state index in [-0.39, 0.29) is 0 Å². The molecule has 1 aliphatic rings. The van der Waals surface area contributed by atoms with Gasteiger partial charge in [0.2, 0.25) is 0 Å². The molecular weight excluding hydrogens is 225 g/mol. The average Bonchev–Trinajstić information content (AvgIpc) is 2.65. The third-order valence-electron chi connectivity index (χ3n) is 2.80. The van der Waals surface area contributed by atoms with Crippen molar-refractivity contribution in [3.8, 4) is 0 Å². The molecule has 0 aliphatic carbocycles. The fourth-order valence-electron chi connectivity index (χ4n) is 1.69. The molecule has 1 saturated heterocycles. The highest BCUT2D eigenvalue weighted by atomic mass is 19.4. The fraction of sp³-hybridized carbons (Fsp3) is 0.889. The lowest BCUT2D eigenvalue weighted by Crippen LogP contribution is -2.43. The van der Waals surface area contributed by atoms with Gasteiger partial charge in [-0.1, -0.05) is 6.92 Å². The Hall–Kier alpha value is -0.820. The Kier molecular flexibility index (Phi) is 4.15. The van der Waals surface area contributed by atoms with Gasteiger partial charge in [-0.25, -0.2) is 5.48 Å². The van der Waals surface area contributed by atoms with Crippen molar-refractivity contribution < 1.29 is 22.8 Å². The number of hydrogen-bond donors (Lipinski definition) is 2. The van der Waals surface area contributed by atoms with E-state index in [2.05, 4.69) is 10.2 Å². The number of amides is 1. The van der Waals surface area contributed by atoms with Crippen molar-refractivity contribution in [2.45, 2.75) is 25.9 Å². The molecule has 16 heavy (non-hydrogen) atoms. The molecule has 0 radical (unpaired) electrons. The van der Waals surface area contributed by atoms with E-state index < -0.39 is 24.1 Å². The maximum atomic E-state index is 11.8. The molecule has 2 N–H and O–H groups in total. The van der Waals surface area contributed by atoms with E-state index in [4.69, 9.17) is 0 Å². The van der Waals surface area contributed by atoms with Crippen LogP contribution in [0.25, 0.3) is 0 Å². The first-order valence-electron chi connectivity index (χ1n) is 5.09. The molecule has 0 aromatic heterocycles. The summed E-state index contributed by atoms with van der Waals surface area (Å²) in [6, 6.07) is 0. The van der Waals surface area contributed by atoms with E-state index in [1.54, 1.807) is 0 Å². The lowest BCUT2D eigenvalue weighted by Gasteiger charge is -2.24. The minimum Gasteiger partial charge on any atom is -0.316 e. The number of alkyl halides is 3. The van der Waals surface area contributed by atoms with Crippen molar-refractivity contribution in [3.63, 3.8) is 0 Å². The predicted octanol–water partition coefficient (Wildman–Crippen LogP) is 0.986. The van der Waals surface area contributed by atoms with Gasteiger partial charge in [-0.15, -0.1) is 0 Å². The molecule has 1 aliphatic heterocycles. The third-order valence-corrected chi connectivity index (χ3v) is 2.80. The van der Waals surface area contributed by atoms with E-state index >= 15 is 0 Å². The maximum Gasteiger partial charge on any atom is 0.414 e. The normalized spacial score (nSPS) is 25.8. The zero-order valence-corrected chi connectivity index (χ0v) is 8.99. The van der Waals surface area contributed by atoms with Gasteiger partial charge in [-0.05, 0) is 19.4 Å². The largest absolute Gasteiger partial charge is 0.414 e. The highest BCUT2D eigenvalue weighted by Gasteiger charge is 2.40. The molecule has 0 aromatic rings. The van der Waals surface area contributed by atoms with Crippen LogP contribution in [0.2, 0.25) is 0 Å². The standard InChI is InChI=1S/C9H15F3N2O2/c1-2-8(3-4-13-5-8)7(15)14-16-6-9(10,11)12/h13H,2-6H2,1H3,(H,14,15). The highest BCUT2D eigenvalue weighted by molar-refractivity contribution is 5.82. The van der Waals surface area contributed by atoms with Crippen LogP contribution in [0.5, 0.6) is 0 Å². The van der Waals surface area contributed by atoms with Gasteiger partial charge in [0, 0.05) is 6.54 Å². The lowest BCUT2D eigenvalue weighted by molar-refractivity contribution is -0.194. The quantitative estimate of drug-likeness (QED) is 0.720. The van der Waals surface area contributed by atoms with Gasteiger partial charge in [0.25, 0.3) is 5.91 Å². The van der Waals surface area contributed by atoms with E-state index in [0.29, 0.717) is 25.9 Å². The van der Waals surface area contributed by atoms with Gasteiger partial charge < -0.3 is 5.32 Å². The minimum atomic E-state index is -4.43. The van der Waals surface area contributed by atoms with Crippen LogP contribution in [0.3, 0.4) is 0 Å². The predicted molar refractivity (Wildman–Crippen MR) is 50.4 cm³/mol. The van der Waals surface area contributed by atoms with Crippen molar-refractivity contribution in [3.05, 3.63) is 0 Å². The Balaban J connectivity index is 2.39. The summed E-state index contributed by atoms with van der Waals surface area (Å²) in [5.74, 6) is -0.482. The van der Waals surface area contributed by atoms with Crippen molar-refractivity contribution in [1.29, 1.82) is 0 Å². The van der Waals surface area contributed by atoms with Crippen LogP contribution in [0.4, 0.5) is 13.2 Å². The summed E-state index contributed by atoms with van der Waals surface area (Å²) in [6.07, 6.45) is -3.24. The van der Waals surface area contributed by atoms with E-state index in [0.717, 1.165) is 0 Å². The summed E-state index contributed by atoms with van der Waals surface area (Å²) in [7, 11) is 0. The van der Waals surface area contributed by atoms with Crippen molar-refractivity contribution in [2.24, 2.45) is 5.41 Å². The molecule has 0 saturated carbocycles. The van der Waals surface area contributed by atoms with Crippen LogP contribution in [-0.2, 0) is 9.63 Å². The summed E-state index contributed by atoms with van der Waals surface area (Å²) in [5, 5.41) is 3.01. The summed E-state index contributed by atoms with van der Waals surface area (Å²) in [4.78, 5) is 15.8. The second-order valence-electron chi connectivity index (χ2n) is 3.90. The number of carbonyl (C=O) groups is 1. The fourth-order valence-corrected chi connectivity index (χ4v) is 1.69. The third kappa shape index (κ3) is 3.34. The first-order valence-corrected chi connectivity index (χ1v) is 5.09. The SMILES string of the molecule is CCC1(C(=O)NOCC(F)(F)F)CCNC1. The highest BCUT2D eigenvalue weighted by Crippen LogP contribution is 2.29. The molecule has 1 unspecified atom stereocenters. The molecule has 1 rings (SSSR count). The Labute approximate surface area is 91.5 Å². The van der Waals surface area contributed by atoms with Gasteiger partial charge in [-0.3, -0.25) is 9.63 Å². The Morgan fingerprint density at radius 1 is 1.56 bits per heavy atom. The molecule has 4 nitrogen and oxygen atoms in total. The van der Waals surface area contributed by atoms with Crippen LogP contribution in [0, 0.1) is 5.41 Å². The van der Waals surface area contributed by atoms with Crippen LogP contribution in [0.1, 0.15) is 19.8 Å². The lowest BCUT2D eigenvalue weighted by atomic mass is 9.84. The second-order valence-corrected chi connectivity index (χ2v) is 3.90. The van der Waals surface area contributed by atoms with Crippen molar-refractivity contribution in [1.82, 2.24) is 10.8 Å². The molecule has 94 valence electrons. The number of hydrogen-bond acceptors (Lipinski definition) is 3. The van der Waals surface area contributed by atoms with Gasteiger partial charge in [0.1, 0.15) is 0 Å². The summed E-state index contributed by atoms with van der Waals surface area (Å²) in [6.45, 7) is 1.54. The van der Waals surface area contributed by atoms with E-state index in [9.17, 15) is 18.0 Å². The molecule has 0 spiro atoms.